The van der Waals surface area contributed by atoms with Crippen molar-refractivity contribution in [3.63, 3.8) is 0 Å². The van der Waals surface area contributed by atoms with Crippen LogP contribution in [0.1, 0.15) is 12.5 Å². The molecule has 1 aliphatic rings. The zero-order valence-electron chi connectivity index (χ0n) is 14.9. The van der Waals surface area contributed by atoms with Crippen molar-refractivity contribution in [2.24, 2.45) is 0 Å². The van der Waals surface area contributed by atoms with Crippen molar-refractivity contribution >= 4 is 24.8 Å². The molecule has 0 unspecified atom stereocenters. The first-order valence-electron chi connectivity index (χ1n) is 8.35. The van der Waals surface area contributed by atoms with E-state index in [0.29, 0.717) is 0 Å². The number of hydrogen-bond acceptors (Lipinski definition) is 5. The number of methoxy groups -OCH3 is 1. The van der Waals surface area contributed by atoms with Crippen LogP contribution in [-0.2, 0) is 0 Å². The number of rotatable bonds is 5. The monoisotopic (exact) mass is 411 g/mol. The summed E-state index contributed by atoms with van der Waals surface area (Å²) in [6, 6.07) is 8.25. The van der Waals surface area contributed by atoms with Crippen molar-refractivity contribution in [1.82, 2.24) is 24.4 Å². The van der Waals surface area contributed by atoms with E-state index in [1.165, 1.54) is 0 Å². The minimum absolute atomic E-state index is 0. The molecular formula is C18H23Cl2N5O2. The van der Waals surface area contributed by atoms with Gasteiger partial charge in [0, 0.05) is 49.1 Å². The molecule has 0 aliphatic carbocycles. The van der Waals surface area contributed by atoms with Gasteiger partial charge in [0.2, 0.25) is 0 Å². The Morgan fingerprint density at radius 2 is 1.81 bits per heavy atom. The molecule has 1 aromatic carbocycles. The molecule has 0 bridgehead atoms. The maximum Gasteiger partial charge on any atom is 0.181 e. The van der Waals surface area contributed by atoms with Crippen molar-refractivity contribution in [2.45, 2.75) is 18.5 Å². The number of aromatic nitrogens is 4. The third kappa shape index (κ3) is 4.11. The summed E-state index contributed by atoms with van der Waals surface area (Å²) in [5, 5.41) is 12.7. The second-order valence-corrected chi connectivity index (χ2v) is 6.15. The molecule has 0 saturated carbocycles. The lowest BCUT2D eigenvalue weighted by atomic mass is 10.2. The summed E-state index contributed by atoms with van der Waals surface area (Å²) >= 11 is 0. The van der Waals surface area contributed by atoms with Gasteiger partial charge in [0.1, 0.15) is 5.75 Å². The lowest BCUT2D eigenvalue weighted by Gasteiger charge is -2.15. The average molecular weight is 412 g/mol. The van der Waals surface area contributed by atoms with E-state index in [1.807, 2.05) is 41.2 Å². The number of ether oxygens (including phenoxy) is 1. The van der Waals surface area contributed by atoms with E-state index in [-0.39, 0.29) is 43.5 Å². The highest BCUT2D eigenvalue weighted by molar-refractivity contribution is 5.85. The van der Waals surface area contributed by atoms with Gasteiger partial charge in [-0.1, -0.05) is 0 Å². The van der Waals surface area contributed by atoms with E-state index >= 15 is 0 Å². The maximum atomic E-state index is 9.36. The Kier molecular flexibility index (Phi) is 7.26. The first kappa shape index (κ1) is 21.2. The van der Waals surface area contributed by atoms with Gasteiger partial charge in [-0.25, -0.2) is 9.97 Å². The molecule has 1 saturated heterocycles. The van der Waals surface area contributed by atoms with Gasteiger partial charge in [-0.2, -0.15) is 0 Å². The van der Waals surface area contributed by atoms with Crippen LogP contribution >= 0.6 is 24.8 Å². The van der Waals surface area contributed by atoms with E-state index in [4.69, 9.17) is 4.74 Å². The minimum atomic E-state index is 0. The van der Waals surface area contributed by atoms with Crippen molar-refractivity contribution in [2.75, 3.05) is 20.3 Å². The number of nitrogens with zero attached hydrogens (tertiary/aromatic N) is 4. The molecule has 7 nitrogen and oxygen atoms in total. The molecule has 2 aromatic heterocycles. The predicted octanol–water partition coefficient (Wildman–Crippen LogP) is 2.48. The van der Waals surface area contributed by atoms with E-state index in [1.54, 1.807) is 19.5 Å². The Bertz CT molecular complexity index is 850. The third-order valence-corrected chi connectivity index (χ3v) is 4.67. The topological polar surface area (TPSA) is 77.1 Å². The molecule has 27 heavy (non-hydrogen) atoms. The van der Waals surface area contributed by atoms with Crippen LogP contribution in [0.15, 0.2) is 49.1 Å². The van der Waals surface area contributed by atoms with Crippen LogP contribution in [-0.4, -0.2) is 50.5 Å². The second kappa shape index (κ2) is 9.23. The highest BCUT2D eigenvalue weighted by atomic mass is 35.5. The smallest absolute Gasteiger partial charge is 0.181 e. The SMILES string of the molecule is COc1ccc(-n2ccnc2-c2nccn2[C@@H]2CN[C@@H](CO)C2)cc1.Cl.Cl. The van der Waals surface area contributed by atoms with Gasteiger partial charge >= 0.3 is 0 Å². The van der Waals surface area contributed by atoms with Crippen molar-refractivity contribution < 1.29 is 9.84 Å². The fraction of sp³-hybridized carbons (Fsp3) is 0.333. The highest BCUT2D eigenvalue weighted by Crippen LogP contribution is 2.27. The molecule has 1 fully saturated rings. The molecule has 2 N–H and O–H groups in total. The van der Waals surface area contributed by atoms with Gasteiger partial charge in [-0.15, -0.1) is 24.8 Å². The van der Waals surface area contributed by atoms with Crippen LogP contribution < -0.4 is 10.1 Å². The van der Waals surface area contributed by atoms with Crippen molar-refractivity contribution in [3.8, 4) is 23.1 Å². The van der Waals surface area contributed by atoms with Crippen LogP contribution in [0.25, 0.3) is 17.3 Å². The Morgan fingerprint density at radius 1 is 1.11 bits per heavy atom. The number of nitrogens with one attached hydrogen (secondary N) is 1. The molecule has 0 spiro atoms. The minimum Gasteiger partial charge on any atom is -0.497 e. The Morgan fingerprint density at radius 3 is 2.48 bits per heavy atom. The van der Waals surface area contributed by atoms with Crippen LogP contribution in [0.2, 0.25) is 0 Å². The molecule has 3 aromatic rings. The molecule has 3 heterocycles. The first-order chi connectivity index (χ1) is 12.3. The number of hydrogen-bond donors (Lipinski definition) is 2. The van der Waals surface area contributed by atoms with Crippen LogP contribution in [0.3, 0.4) is 0 Å². The standard InChI is InChI=1S/C18H21N5O2.2ClH/c1-25-16-4-2-14(3-5-16)22-8-6-19-17(22)18-20-7-9-23(18)15-10-13(12-24)21-11-15;;/h2-9,13,15,21,24H,10-12H2,1H3;2*1H/t13-,15+;;/m1../s1. The molecule has 4 rings (SSSR count). The largest absolute Gasteiger partial charge is 0.497 e. The first-order valence-corrected chi connectivity index (χ1v) is 8.35. The molecule has 146 valence electrons. The number of halogens is 2. The van der Waals surface area contributed by atoms with Gasteiger partial charge in [-0.05, 0) is 30.7 Å². The fourth-order valence-corrected chi connectivity index (χ4v) is 3.35. The molecular weight excluding hydrogens is 389 g/mol. The number of benzene rings is 1. The zero-order valence-corrected chi connectivity index (χ0v) is 16.5. The van der Waals surface area contributed by atoms with Gasteiger partial charge in [0.25, 0.3) is 0 Å². The number of imidazole rings is 2. The van der Waals surface area contributed by atoms with Gasteiger partial charge in [0.05, 0.1) is 13.7 Å². The van der Waals surface area contributed by atoms with Gasteiger partial charge in [-0.3, -0.25) is 4.57 Å². The van der Waals surface area contributed by atoms with Crippen molar-refractivity contribution in [3.05, 3.63) is 49.1 Å². The summed E-state index contributed by atoms with van der Waals surface area (Å²) < 4.78 is 9.39. The lowest BCUT2D eigenvalue weighted by molar-refractivity contribution is 0.253. The molecule has 1 aliphatic heterocycles. The summed E-state index contributed by atoms with van der Waals surface area (Å²) in [6.07, 6.45) is 8.37. The molecule has 2 atom stereocenters. The molecule has 9 heteroatoms. The Hall–Kier alpha value is -2.06. The second-order valence-electron chi connectivity index (χ2n) is 6.15. The summed E-state index contributed by atoms with van der Waals surface area (Å²) in [4.78, 5) is 9.07. The maximum absolute atomic E-state index is 9.36. The predicted molar refractivity (Wildman–Crippen MR) is 108 cm³/mol. The van der Waals surface area contributed by atoms with Crippen molar-refractivity contribution in [1.29, 1.82) is 0 Å². The third-order valence-electron chi connectivity index (χ3n) is 4.67. The van der Waals surface area contributed by atoms with Gasteiger partial charge < -0.3 is 19.7 Å². The van der Waals surface area contributed by atoms with Crippen LogP contribution in [0.5, 0.6) is 5.75 Å². The quantitative estimate of drug-likeness (QED) is 0.674. The zero-order chi connectivity index (χ0) is 17.2. The molecule has 0 amide bonds. The summed E-state index contributed by atoms with van der Waals surface area (Å²) in [5.74, 6) is 2.44. The number of aliphatic hydroxyl groups excluding tert-OH is 1. The summed E-state index contributed by atoms with van der Waals surface area (Å²) in [5.41, 5.74) is 1.00. The Labute approximate surface area is 170 Å². The molecule has 0 radical (unpaired) electrons. The summed E-state index contributed by atoms with van der Waals surface area (Å²) in [6.45, 7) is 0.971. The number of aliphatic hydroxyl groups is 1. The van der Waals surface area contributed by atoms with E-state index in [2.05, 4.69) is 19.9 Å². The Balaban J connectivity index is 0.00000131. The van der Waals surface area contributed by atoms with Crippen LogP contribution in [0.4, 0.5) is 0 Å². The fourth-order valence-electron chi connectivity index (χ4n) is 3.35. The van der Waals surface area contributed by atoms with E-state index in [9.17, 15) is 5.11 Å². The van der Waals surface area contributed by atoms with E-state index in [0.717, 1.165) is 36.1 Å². The lowest BCUT2D eigenvalue weighted by Crippen LogP contribution is -2.24. The average Bonchev–Trinajstić information content (AvgIpc) is 3.40. The van der Waals surface area contributed by atoms with E-state index < -0.39 is 0 Å². The van der Waals surface area contributed by atoms with Gasteiger partial charge in [0.15, 0.2) is 11.6 Å². The van der Waals surface area contributed by atoms with Crippen LogP contribution in [0, 0.1) is 0 Å². The normalized spacial score (nSPS) is 18.6. The summed E-state index contributed by atoms with van der Waals surface area (Å²) in [7, 11) is 1.66. The highest BCUT2D eigenvalue weighted by Gasteiger charge is 2.27.